The predicted molar refractivity (Wildman–Crippen MR) is 274 cm³/mol. The second kappa shape index (κ2) is 22.4. The second-order valence-corrected chi connectivity index (χ2v) is 38.7. The molecular weight excluding hydrogens is 911 g/mol. The first-order valence-electron chi connectivity index (χ1n) is 25.3. The number of ether oxygens (including phenoxy) is 2. The van der Waals surface area contributed by atoms with Gasteiger partial charge in [-0.25, -0.2) is 0 Å². The van der Waals surface area contributed by atoms with Crippen molar-refractivity contribution in [3.05, 3.63) is 137 Å². The number of methoxy groups -OCH3 is 1. The van der Waals surface area contributed by atoms with Crippen molar-refractivity contribution in [2.24, 2.45) is 0 Å². The van der Waals surface area contributed by atoms with E-state index in [4.69, 9.17) is 13.9 Å². The Bertz CT molecular complexity index is 2140. The molecule has 346 valence electrons. The molecule has 0 radical (unpaired) electrons. The van der Waals surface area contributed by atoms with Gasteiger partial charge in [0.05, 0.1) is 0 Å². The fourth-order valence-electron chi connectivity index (χ4n) is 12.0. The third kappa shape index (κ3) is 9.84. The van der Waals surface area contributed by atoms with E-state index in [0.29, 0.717) is 45.0 Å². The van der Waals surface area contributed by atoms with Gasteiger partial charge in [0, 0.05) is 0 Å². The summed E-state index contributed by atoms with van der Waals surface area (Å²) in [5, 5.41) is 0.654. The first kappa shape index (κ1) is 48.6. The fraction of sp³-hybridized carbons (Fsp3) is 0.518. The van der Waals surface area contributed by atoms with Crippen LogP contribution in [0, 0.1) is 0 Å². The van der Waals surface area contributed by atoms with Gasteiger partial charge in [0.2, 0.25) is 0 Å². The predicted octanol–water partition coefficient (Wildman–Crippen LogP) is 15.0. The Morgan fingerprint density at radius 1 is 0.734 bits per heavy atom. The molecule has 0 N–H and O–H groups in total. The van der Waals surface area contributed by atoms with Crippen molar-refractivity contribution in [3.8, 4) is 5.75 Å². The van der Waals surface area contributed by atoms with E-state index < -0.39 is 38.2 Å². The number of esters is 1. The van der Waals surface area contributed by atoms with E-state index in [-0.39, 0.29) is 24.4 Å². The summed E-state index contributed by atoms with van der Waals surface area (Å²) < 4.78 is 35.9. The summed E-state index contributed by atoms with van der Waals surface area (Å²) in [6.07, 6.45) is 7.54. The van der Waals surface area contributed by atoms with Crippen molar-refractivity contribution in [3.63, 3.8) is 0 Å². The van der Waals surface area contributed by atoms with Gasteiger partial charge in [0.15, 0.2) is 0 Å². The van der Waals surface area contributed by atoms with Crippen molar-refractivity contribution >= 4 is 43.6 Å². The number of hydrogen-bond donors (Lipinski definition) is 0. The SMILES string of the molecule is [2H]c1c(C(=O)OCC)c2c(OC)cc(CO[Si](C(C)C)(C(C)C)C(C)C)cc2n1C[C@H]1[C@@H]([Sn]([CH2]CCC)([CH2]CCC)[CH2]CCC)N1C(c1ccccc1)(c1ccccc1)c1ccccc1. The number of nitrogens with zero attached hydrogens (tertiary/aromatic N) is 2. The van der Waals surface area contributed by atoms with Crippen molar-refractivity contribution in [1.82, 2.24) is 9.47 Å². The third-order valence-corrected chi connectivity index (χ3v) is 37.9. The molecule has 3 atom stereocenters. The first-order chi connectivity index (χ1) is 31.3. The molecule has 4 aromatic carbocycles. The number of hydrogen-bond acceptors (Lipinski definition) is 5. The quantitative estimate of drug-likeness (QED) is 0.0252. The number of unbranched alkanes of at least 4 members (excludes halogenated alkanes) is 3. The number of carbonyl (C=O) groups is 1. The molecule has 5 aromatic rings. The molecule has 0 saturated carbocycles. The van der Waals surface area contributed by atoms with Gasteiger partial charge in [0.1, 0.15) is 0 Å². The van der Waals surface area contributed by atoms with Crippen LogP contribution in [0.4, 0.5) is 0 Å². The van der Waals surface area contributed by atoms with Crippen LogP contribution >= 0.6 is 0 Å². The summed E-state index contributed by atoms with van der Waals surface area (Å²) in [5.41, 5.74) is 6.62. The van der Waals surface area contributed by atoms with Crippen LogP contribution in [-0.2, 0) is 27.9 Å². The minimum atomic E-state index is -3.19. The molecule has 1 aliphatic rings. The molecule has 2 heterocycles. The van der Waals surface area contributed by atoms with Gasteiger partial charge in [-0.2, -0.15) is 0 Å². The zero-order valence-corrected chi connectivity index (χ0v) is 45.1. The molecule has 0 amide bonds. The summed E-state index contributed by atoms with van der Waals surface area (Å²) in [7, 11) is -0.543. The fourth-order valence-corrected chi connectivity index (χ4v) is 36.8. The normalized spacial score (nSPS) is 17.1. The van der Waals surface area contributed by atoms with Gasteiger partial charge < -0.3 is 0 Å². The van der Waals surface area contributed by atoms with Crippen LogP contribution in [0.25, 0.3) is 10.9 Å². The number of benzene rings is 4. The van der Waals surface area contributed by atoms with Crippen LogP contribution in [0.2, 0.25) is 29.9 Å². The van der Waals surface area contributed by atoms with E-state index in [2.05, 4.69) is 169 Å². The van der Waals surface area contributed by atoms with Crippen molar-refractivity contribution < 1.29 is 20.1 Å². The van der Waals surface area contributed by atoms with Gasteiger partial charge in [0.25, 0.3) is 0 Å². The number of rotatable bonds is 25. The van der Waals surface area contributed by atoms with Crippen LogP contribution in [-0.4, -0.2) is 65.9 Å². The zero-order chi connectivity index (χ0) is 46.9. The summed E-state index contributed by atoms with van der Waals surface area (Å²) >= 11 is -3.19. The summed E-state index contributed by atoms with van der Waals surface area (Å²) in [5.74, 6) is 0.106. The minimum absolute atomic E-state index is 0.112. The number of aromatic nitrogens is 1. The molecule has 1 saturated heterocycles. The van der Waals surface area contributed by atoms with Gasteiger partial charge in [-0.3, -0.25) is 0 Å². The molecule has 8 heteroatoms. The molecule has 1 fully saturated rings. The van der Waals surface area contributed by atoms with E-state index in [1.54, 1.807) is 7.11 Å². The molecule has 0 aliphatic carbocycles. The van der Waals surface area contributed by atoms with Gasteiger partial charge in [-0.1, -0.05) is 0 Å². The van der Waals surface area contributed by atoms with E-state index in [0.717, 1.165) is 11.1 Å². The first-order valence-corrected chi connectivity index (χ1v) is 34.6. The summed E-state index contributed by atoms with van der Waals surface area (Å²) in [6, 6.07) is 37.9. The molecule has 0 spiro atoms. The van der Waals surface area contributed by atoms with Crippen LogP contribution in [0.15, 0.2) is 109 Å². The maximum atomic E-state index is 14.2. The van der Waals surface area contributed by atoms with E-state index in [1.165, 1.54) is 68.5 Å². The Morgan fingerprint density at radius 3 is 1.61 bits per heavy atom. The monoisotopic (exact) mass is 993 g/mol. The Hall–Kier alpha value is -3.37. The molecule has 6 rings (SSSR count). The molecule has 1 unspecified atom stereocenters. The average molecular weight is 993 g/mol. The second-order valence-electron chi connectivity index (χ2n) is 19.5. The number of carbonyl (C=O) groups excluding carboxylic acids is 1. The van der Waals surface area contributed by atoms with Gasteiger partial charge in [-0.05, 0) is 0 Å². The van der Waals surface area contributed by atoms with E-state index >= 15 is 0 Å². The van der Waals surface area contributed by atoms with Gasteiger partial charge >= 0.3 is 396 Å². The van der Waals surface area contributed by atoms with Crippen molar-refractivity contribution in [2.45, 2.75) is 166 Å². The topological polar surface area (TPSA) is 52.7 Å². The molecule has 0 bridgehead atoms. The number of fused-ring (bicyclic) bond motifs is 1. The third-order valence-electron chi connectivity index (χ3n) is 14.8. The zero-order valence-electron chi connectivity index (χ0n) is 42.2. The van der Waals surface area contributed by atoms with Crippen molar-refractivity contribution in [1.29, 1.82) is 0 Å². The summed E-state index contributed by atoms with van der Waals surface area (Å²) in [4.78, 5) is 17.1. The van der Waals surface area contributed by atoms with Crippen LogP contribution in [0.3, 0.4) is 0 Å². The Kier molecular flexibility index (Phi) is 17.0. The van der Waals surface area contributed by atoms with Crippen LogP contribution < -0.4 is 4.74 Å². The summed E-state index contributed by atoms with van der Waals surface area (Å²) in [6.45, 7) is 24.1. The Balaban J connectivity index is 1.66. The van der Waals surface area contributed by atoms with Crippen LogP contribution in [0.5, 0.6) is 5.75 Å². The Labute approximate surface area is 393 Å². The van der Waals surface area contributed by atoms with E-state index in [1.807, 2.05) is 13.0 Å². The van der Waals surface area contributed by atoms with Crippen molar-refractivity contribution in [2.75, 3.05) is 13.7 Å². The molecule has 64 heavy (non-hydrogen) atoms. The van der Waals surface area contributed by atoms with Gasteiger partial charge in [-0.15, -0.1) is 0 Å². The Morgan fingerprint density at radius 2 is 1.20 bits per heavy atom. The molecule has 1 aliphatic heterocycles. The average Bonchev–Trinajstić information content (AvgIpc) is 3.96. The molecular formula is C56H80N2O4SiSn. The molecule has 1 aromatic heterocycles. The standard InChI is InChI=1S/C44H53N2O4Si.3C4H9.Sn/c1-9-49-43(47)39-29-45(40-25-34(26-41(48-8)42(39)40)30-50-51(31(2)3,32(4)5)33(6)7)27-38-28-46(38)44(35-19-13-10-14-20-35,36-21-15-11-16-22-36)37-23-17-12-18-24-37;3*1-3-4-2;/h10-26,28-29,31-33,38H,9,27,30H2,1-8H3;3*1,3-4H2,2H3;/t38-,46?;;;;/m0..../s1/i29D;;;;. The van der Waals surface area contributed by atoms with Crippen LogP contribution in [0.1, 0.15) is 142 Å². The maximum absolute atomic E-state index is 14.2. The van der Waals surface area contributed by atoms with E-state index in [9.17, 15) is 6.17 Å². The molecule has 6 nitrogen and oxygen atoms in total.